The average molecular weight is 184 g/mol. The van der Waals surface area contributed by atoms with E-state index in [1.165, 1.54) is 0 Å². The molecule has 0 fully saturated rings. The van der Waals surface area contributed by atoms with E-state index < -0.39 is 0 Å². The van der Waals surface area contributed by atoms with Crippen LogP contribution < -0.4 is 10.6 Å². The number of aromatic nitrogens is 2. The van der Waals surface area contributed by atoms with E-state index in [2.05, 4.69) is 5.10 Å². The number of hydrogen-bond acceptors (Lipinski definition) is 4. The molecule has 0 aliphatic carbocycles. The number of nitrogens with two attached hydrogens (primary N) is 1. The van der Waals surface area contributed by atoms with Crippen molar-refractivity contribution in [3.05, 3.63) is 6.20 Å². The van der Waals surface area contributed by atoms with Crippen molar-refractivity contribution in [1.29, 1.82) is 0 Å². The monoisotopic (exact) mass is 184 g/mol. The molecule has 0 radical (unpaired) electrons. The van der Waals surface area contributed by atoms with Gasteiger partial charge >= 0.3 is 0 Å². The molecule has 3 N–H and O–H groups in total. The van der Waals surface area contributed by atoms with Crippen molar-refractivity contribution in [3.8, 4) is 0 Å². The van der Waals surface area contributed by atoms with E-state index in [4.69, 9.17) is 10.8 Å². The number of aliphatic hydroxyl groups is 1. The Hall–Kier alpha value is -1.23. The standard InChI is InChI=1S/C8H16N4O/c1-6(5-13)12(3)8-7(9)4-11(2)10-8/h4,6,13H,5,9H2,1-3H3. The van der Waals surface area contributed by atoms with Gasteiger partial charge in [-0.25, -0.2) is 0 Å². The van der Waals surface area contributed by atoms with Crippen molar-refractivity contribution in [1.82, 2.24) is 9.78 Å². The first-order valence-corrected chi connectivity index (χ1v) is 4.19. The number of likely N-dealkylation sites (N-methyl/N-ethyl adjacent to an activating group) is 1. The van der Waals surface area contributed by atoms with Crippen LogP contribution in [0.15, 0.2) is 6.20 Å². The van der Waals surface area contributed by atoms with Crippen molar-refractivity contribution in [3.63, 3.8) is 0 Å². The molecule has 0 saturated heterocycles. The highest BCUT2D eigenvalue weighted by atomic mass is 16.3. The molecule has 0 amide bonds. The summed E-state index contributed by atoms with van der Waals surface area (Å²) in [7, 11) is 3.68. The lowest BCUT2D eigenvalue weighted by Gasteiger charge is -2.23. The number of hydrogen-bond donors (Lipinski definition) is 2. The Balaban J connectivity index is 2.87. The Labute approximate surface area is 77.8 Å². The SMILES string of the molecule is CC(CO)N(C)c1nn(C)cc1N. The molecule has 13 heavy (non-hydrogen) atoms. The van der Waals surface area contributed by atoms with E-state index in [1.54, 1.807) is 10.9 Å². The fraction of sp³-hybridized carbons (Fsp3) is 0.625. The molecule has 1 aromatic rings. The first-order chi connectivity index (χ1) is 6.06. The minimum Gasteiger partial charge on any atom is -0.394 e. The number of aryl methyl sites for hydroxylation is 1. The predicted octanol–water partition coefficient (Wildman–Crippen LogP) is -0.181. The average Bonchev–Trinajstić information content (AvgIpc) is 2.42. The molecule has 1 unspecified atom stereocenters. The van der Waals surface area contributed by atoms with Gasteiger partial charge in [0, 0.05) is 20.3 Å². The lowest BCUT2D eigenvalue weighted by Crippen LogP contribution is -2.32. The van der Waals surface area contributed by atoms with Crippen LogP contribution in [-0.4, -0.2) is 34.6 Å². The van der Waals surface area contributed by atoms with E-state index in [0.717, 1.165) is 0 Å². The highest BCUT2D eigenvalue weighted by Gasteiger charge is 2.14. The van der Waals surface area contributed by atoms with Gasteiger partial charge in [0.15, 0.2) is 5.82 Å². The molecule has 1 atom stereocenters. The normalized spacial score (nSPS) is 12.9. The molecule has 1 heterocycles. The molecule has 0 aliphatic rings. The molecule has 74 valence electrons. The van der Waals surface area contributed by atoms with Gasteiger partial charge in [-0.2, -0.15) is 5.10 Å². The van der Waals surface area contributed by atoms with Crippen LogP contribution in [0.5, 0.6) is 0 Å². The van der Waals surface area contributed by atoms with Crippen LogP contribution in [0.4, 0.5) is 11.5 Å². The summed E-state index contributed by atoms with van der Waals surface area (Å²) in [6, 6.07) is 0.0252. The molecule has 1 aromatic heterocycles. The Morgan fingerprint density at radius 3 is 2.77 bits per heavy atom. The quantitative estimate of drug-likeness (QED) is 0.684. The van der Waals surface area contributed by atoms with Crippen LogP contribution in [0, 0.1) is 0 Å². The summed E-state index contributed by atoms with van der Waals surface area (Å²) in [5.41, 5.74) is 6.36. The number of anilines is 2. The lowest BCUT2D eigenvalue weighted by molar-refractivity contribution is 0.269. The maximum atomic E-state index is 8.95. The molecule has 0 aliphatic heterocycles. The third kappa shape index (κ3) is 1.92. The highest BCUT2D eigenvalue weighted by Crippen LogP contribution is 2.20. The van der Waals surface area contributed by atoms with Crippen LogP contribution in [-0.2, 0) is 7.05 Å². The first kappa shape index (κ1) is 9.85. The molecule has 1 rings (SSSR count). The van der Waals surface area contributed by atoms with Crippen molar-refractivity contribution in [2.24, 2.45) is 7.05 Å². The van der Waals surface area contributed by atoms with Crippen molar-refractivity contribution >= 4 is 11.5 Å². The molecular weight excluding hydrogens is 168 g/mol. The van der Waals surface area contributed by atoms with Gasteiger partial charge in [0.25, 0.3) is 0 Å². The topological polar surface area (TPSA) is 67.3 Å². The van der Waals surface area contributed by atoms with E-state index >= 15 is 0 Å². The summed E-state index contributed by atoms with van der Waals surface area (Å²) >= 11 is 0. The van der Waals surface area contributed by atoms with Crippen LogP contribution in [0.2, 0.25) is 0 Å². The minimum absolute atomic E-state index is 0.0252. The lowest BCUT2D eigenvalue weighted by atomic mass is 10.3. The Morgan fingerprint density at radius 2 is 2.38 bits per heavy atom. The van der Waals surface area contributed by atoms with E-state index in [-0.39, 0.29) is 12.6 Å². The molecule has 5 nitrogen and oxygen atoms in total. The Morgan fingerprint density at radius 1 is 1.77 bits per heavy atom. The number of nitrogen functional groups attached to an aromatic ring is 1. The zero-order valence-corrected chi connectivity index (χ0v) is 8.23. The van der Waals surface area contributed by atoms with Gasteiger partial charge in [-0.1, -0.05) is 0 Å². The number of rotatable bonds is 3. The number of nitrogens with zero attached hydrogens (tertiary/aromatic N) is 3. The van der Waals surface area contributed by atoms with E-state index in [0.29, 0.717) is 11.5 Å². The first-order valence-electron chi connectivity index (χ1n) is 4.19. The summed E-state index contributed by atoms with van der Waals surface area (Å²) in [6.45, 7) is 2.00. The second-order valence-corrected chi connectivity index (χ2v) is 3.22. The fourth-order valence-electron chi connectivity index (χ4n) is 1.10. The van der Waals surface area contributed by atoms with Crippen LogP contribution in [0.3, 0.4) is 0 Å². The smallest absolute Gasteiger partial charge is 0.173 e. The van der Waals surface area contributed by atoms with E-state index in [9.17, 15) is 0 Å². The molecule has 0 saturated carbocycles. The summed E-state index contributed by atoms with van der Waals surface area (Å²) in [4.78, 5) is 1.86. The van der Waals surface area contributed by atoms with Crippen LogP contribution >= 0.6 is 0 Å². The molecule has 5 heteroatoms. The summed E-state index contributed by atoms with van der Waals surface area (Å²) in [6.07, 6.45) is 1.75. The molecule has 0 bridgehead atoms. The van der Waals surface area contributed by atoms with Gasteiger partial charge in [-0.3, -0.25) is 4.68 Å². The second-order valence-electron chi connectivity index (χ2n) is 3.22. The zero-order valence-electron chi connectivity index (χ0n) is 8.23. The maximum Gasteiger partial charge on any atom is 0.173 e. The third-order valence-corrected chi connectivity index (χ3v) is 2.10. The molecule has 0 aromatic carbocycles. The third-order valence-electron chi connectivity index (χ3n) is 2.10. The van der Waals surface area contributed by atoms with E-state index in [1.807, 2.05) is 25.9 Å². The second kappa shape index (κ2) is 3.66. The van der Waals surface area contributed by atoms with Gasteiger partial charge in [0.05, 0.1) is 18.3 Å². The molecule has 0 spiro atoms. The van der Waals surface area contributed by atoms with Gasteiger partial charge < -0.3 is 15.7 Å². The van der Waals surface area contributed by atoms with Crippen LogP contribution in [0.1, 0.15) is 6.92 Å². The van der Waals surface area contributed by atoms with Gasteiger partial charge in [-0.05, 0) is 6.92 Å². The molecular formula is C8H16N4O. The summed E-state index contributed by atoms with van der Waals surface area (Å²) in [5.74, 6) is 0.712. The predicted molar refractivity (Wildman–Crippen MR) is 52.6 cm³/mol. The van der Waals surface area contributed by atoms with Gasteiger partial charge in [0.2, 0.25) is 0 Å². The maximum absolute atomic E-state index is 8.95. The summed E-state index contributed by atoms with van der Waals surface area (Å²) in [5, 5.41) is 13.1. The van der Waals surface area contributed by atoms with Gasteiger partial charge in [0.1, 0.15) is 0 Å². The van der Waals surface area contributed by atoms with Crippen LogP contribution in [0.25, 0.3) is 0 Å². The minimum atomic E-state index is 0.0252. The fourth-order valence-corrected chi connectivity index (χ4v) is 1.10. The van der Waals surface area contributed by atoms with Gasteiger partial charge in [-0.15, -0.1) is 0 Å². The number of aliphatic hydroxyl groups excluding tert-OH is 1. The van der Waals surface area contributed by atoms with Crippen molar-refractivity contribution < 1.29 is 5.11 Å². The zero-order chi connectivity index (χ0) is 10.0. The highest BCUT2D eigenvalue weighted by molar-refractivity contribution is 5.61. The Kier molecular flexibility index (Phi) is 2.77. The van der Waals surface area contributed by atoms with Crippen molar-refractivity contribution in [2.45, 2.75) is 13.0 Å². The largest absolute Gasteiger partial charge is 0.394 e. The summed E-state index contributed by atoms with van der Waals surface area (Å²) < 4.78 is 1.66. The van der Waals surface area contributed by atoms with Crippen molar-refractivity contribution in [2.75, 3.05) is 24.3 Å². The Bertz CT molecular complexity index is 284.